The fraction of sp³-hybridized carbons (Fsp3) is 0.211. The molecule has 0 radical (unpaired) electrons. The first-order valence-corrected chi connectivity index (χ1v) is 7.94. The lowest BCUT2D eigenvalue weighted by Crippen LogP contribution is -2.32. The predicted molar refractivity (Wildman–Crippen MR) is 96.0 cm³/mol. The molecule has 0 amide bonds. The number of aryl methyl sites for hydroxylation is 1. The lowest BCUT2D eigenvalue weighted by molar-refractivity contribution is -0.139. The van der Waals surface area contributed by atoms with Crippen molar-refractivity contribution in [3.63, 3.8) is 0 Å². The Bertz CT molecular complexity index is 974. The fourth-order valence-corrected chi connectivity index (χ4v) is 2.71. The van der Waals surface area contributed by atoms with Crippen molar-refractivity contribution in [1.29, 1.82) is 0 Å². The van der Waals surface area contributed by atoms with E-state index in [1.165, 1.54) is 11.8 Å². The zero-order valence-corrected chi connectivity index (χ0v) is 14.2. The van der Waals surface area contributed by atoms with Crippen LogP contribution in [-0.4, -0.2) is 22.7 Å². The molecule has 0 aliphatic rings. The first kappa shape index (κ1) is 16.7. The van der Waals surface area contributed by atoms with Crippen molar-refractivity contribution in [1.82, 2.24) is 9.66 Å². The van der Waals surface area contributed by atoms with Crippen molar-refractivity contribution in [3.8, 4) is 0 Å². The molecule has 0 saturated heterocycles. The summed E-state index contributed by atoms with van der Waals surface area (Å²) in [5.74, 6) is -0.434. The number of carbonyl (C=O) groups is 1. The minimum absolute atomic E-state index is 0.0422. The van der Waals surface area contributed by atoms with Crippen LogP contribution in [0.1, 0.15) is 16.7 Å². The topological polar surface area (TPSA) is 73.2 Å². The normalized spacial score (nSPS) is 10.6. The Morgan fingerprint density at radius 3 is 2.84 bits per heavy atom. The van der Waals surface area contributed by atoms with Crippen LogP contribution in [0.15, 0.2) is 53.6 Å². The van der Waals surface area contributed by atoms with Crippen molar-refractivity contribution < 1.29 is 9.53 Å². The van der Waals surface area contributed by atoms with E-state index >= 15 is 0 Å². The van der Waals surface area contributed by atoms with Gasteiger partial charge in [-0.05, 0) is 30.2 Å². The molecule has 6 nitrogen and oxygen atoms in total. The van der Waals surface area contributed by atoms with E-state index in [0.29, 0.717) is 12.1 Å². The standard InChI is InChI=1S/C19H19N3O3/c1-13-8-10-22(19(24)16(13)11-17(23)25-2)21-12-15-6-3-5-14-7-4-9-20-18(14)15/h3-10,21H,11-12H2,1-2H3. The molecule has 2 heterocycles. The van der Waals surface area contributed by atoms with Gasteiger partial charge in [-0.3, -0.25) is 14.6 Å². The summed E-state index contributed by atoms with van der Waals surface area (Å²) in [6, 6.07) is 11.6. The zero-order valence-electron chi connectivity index (χ0n) is 14.2. The summed E-state index contributed by atoms with van der Waals surface area (Å²) in [6.07, 6.45) is 3.37. The summed E-state index contributed by atoms with van der Waals surface area (Å²) < 4.78 is 6.06. The van der Waals surface area contributed by atoms with Crippen LogP contribution < -0.4 is 11.0 Å². The summed E-state index contributed by atoms with van der Waals surface area (Å²) in [7, 11) is 1.31. The van der Waals surface area contributed by atoms with Crippen molar-refractivity contribution in [2.45, 2.75) is 19.9 Å². The Kier molecular flexibility index (Phi) is 4.79. The van der Waals surface area contributed by atoms with Crippen LogP contribution in [0.5, 0.6) is 0 Å². The van der Waals surface area contributed by atoms with Crippen LogP contribution in [0, 0.1) is 6.92 Å². The molecule has 0 spiro atoms. The maximum Gasteiger partial charge on any atom is 0.310 e. The number of ether oxygens (including phenoxy) is 1. The number of esters is 1. The molecule has 0 unspecified atom stereocenters. The molecule has 0 atom stereocenters. The molecule has 3 aromatic rings. The van der Waals surface area contributed by atoms with E-state index < -0.39 is 5.97 Å². The zero-order chi connectivity index (χ0) is 17.8. The van der Waals surface area contributed by atoms with Gasteiger partial charge < -0.3 is 10.2 Å². The second kappa shape index (κ2) is 7.17. The summed E-state index contributed by atoms with van der Waals surface area (Å²) in [5.41, 5.74) is 5.92. The summed E-state index contributed by atoms with van der Waals surface area (Å²) in [5, 5.41) is 1.05. The molecule has 0 fully saturated rings. The Balaban J connectivity index is 1.87. The summed E-state index contributed by atoms with van der Waals surface area (Å²) in [4.78, 5) is 28.5. The predicted octanol–water partition coefficient (Wildman–Crippen LogP) is 2.16. The van der Waals surface area contributed by atoms with Gasteiger partial charge in [-0.15, -0.1) is 0 Å². The molecular weight excluding hydrogens is 318 g/mol. The minimum Gasteiger partial charge on any atom is -0.469 e. The Morgan fingerprint density at radius 1 is 1.24 bits per heavy atom. The van der Waals surface area contributed by atoms with Gasteiger partial charge in [0.25, 0.3) is 5.56 Å². The monoisotopic (exact) mass is 337 g/mol. The van der Waals surface area contributed by atoms with Gasteiger partial charge in [0.1, 0.15) is 0 Å². The lowest BCUT2D eigenvalue weighted by Gasteiger charge is -2.13. The molecule has 2 aromatic heterocycles. The van der Waals surface area contributed by atoms with Gasteiger partial charge in [-0.2, -0.15) is 0 Å². The van der Waals surface area contributed by atoms with Crippen LogP contribution in [0.4, 0.5) is 0 Å². The molecule has 1 N–H and O–H groups in total. The number of aromatic nitrogens is 2. The third kappa shape index (κ3) is 3.52. The number of hydrogen-bond donors (Lipinski definition) is 1. The smallest absolute Gasteiger partial charge is 0.310 e. The van der Waals surface area contributed by atoms with E-state index in [1.54, 1.807) is 25.4 Å². The van der Waals surface area contributed by atoms with Crippen molar-refractivity contribution >= 4 is 16.9 Å². The van der Waals surface area contributed by atoms with Crippen LogP contribution in [0.2, 0.25) is 0 Å². The van der Waals surface area contributed by atoms with Gasteiger partial charge in [-0.1, -0.05) is 24.3 Å². The highest BCUT2D eigenvalue weighted by Crippen LogP contribution is 2.15. The minimum atomic E-state index is -0.434. The maximum absolute atomic E-state index is 12.6. The molecule has 0 aliphatic carbocycles. The third-order valence-electron chi connectivity index (χ3n) is 4.13. The van der Waals surface area contributed by atoms with Gasteiger partial charge >= 0.3 is 5.97 Å². The van der Waals surface area contributed by atoms with Gasteiger partial charge in [0.2, 0.25) is 0 Å². The summed E-state index contributed by atoms with van der Waals surface area (Å²) >= 11 is 0. The van der Waals surface area contributed by atoms with Gasteiger partial charge in [0, 0.05) is 23.3 Å². The van der Waals surface area contributed by atoms with Crippen molar-refractivity contribution in [2.24, 2.45) is 0 Å². The molecule has 0 saturated carbocycles. The highest BCUT2D eigenvalue weighted by molar-refractivity contribution is 5.81. The summed E-state index contributed by atoms with van der Waals surface area (Å²) in [6.45, 7) is 2.24. The van der Waals surface area contributed by atoms with Gasteiger partial charge in [0.15, 0.2) is 0 Å². The van der Waals surface area contributed by atoms with Crippen LogP contribution in [-0.2, 0) is 22.5 Å². The van der Waals surface area contributed by atoms with E-state index in [4.69, 9.17) is 0 Å². The molecule has 0 aliphatic heterocycles. The average Bonchev–Trinajstić information content (AvgIpc) is 2.64. The Hall–Kier alpha value is -3.15. The number of nitrogens with one attached hydrogen (secondary N) is 1. The molecule has 25 heavy (non-hydrogen) atoms. The van der Waals surface area contributed by atoms with Gasteiger partial charge in [0.05, 0.1) is 25.6 Å². The first-order chi connectivity index (χ1) is 12.1. The van der Waals surface area contributed by atoms with E-state index in [2.05, 4.69) is 15.1 Å². The SMILES string of the molecule is COC(=O)Cc1c(C)ccn(NCc2cccc3cccnc23)c1=O. The maximum atomic E-state index is 12.6. The van der Waals surface area contributed by atoms with Crippen molar-refractivity contribution in [2.75, 3.05) is 12.5 Å². The fourth-order valence-electron chi connectivity index (χ4n) is 2.71. The molecule has 1 aromatic carbocycles. The highest BCUT2D eigenvalue weighted by Gasteiger charge is 2.12. The van der Waals surface area contributed by atoms with Crippen LogP contribution in [0.25, 0.3) is 10.9 Å². The number of fused-ring (bicyclic) bond motifs is 1. The number of hydrogen-bond acceptors (Lipinski definition) is 5. The van der Waals surface area contributed by atoms with Crippen LogP contribution in [0.3, 0.4) is 0 Å². The van der Waals surface area contributed by atoms with E-state index in [9.17, 15) is 9.59 Å². The molecule has 3 rings (SSSR count). The quantitative estimate of drug-likeness (QED) is 0.722. The molecule has 6 heteroatoms. The number of para-hydroxylation sites is 1. The Morgan fingerprint density at radius 2 is 2.04 bits per heavy atom. The number of nitrogens with zero attached hydrogens (tertiary/aromatic N) is 2. The number of methoxy groups -OCH3 is 1. The second-order valence-electron chi connectivity index (χ2n) is 5.73. The Labute approximate surface area is 145 Å². The molecule has 128 valence electrons. The number of pyridine rings is 2. The van der Waals surface area contributed by atoms with E-state index in [0.717, 1.165) is 22.0 Å². The van der Waals surface area contributed by atoms with E-state index in [1.807, 2.05) is 30.3 Å². The second-order valence-corrected chi connectivity index (χ2v) is 5.73. The number of rotatable bonds is 5. The van der Waals surface area contributed by atoms with Crippen LogP contribution >= 0.6 is 0 Å². The third-order valence-corrected chi connectivity index (χ3v) is 4.13. The number of benzene rings is 1. The molecule has 0 bridgehead atoms. The largest absolute Gasteiger partial charge is 0.469 e. The number of carbonyl (C=O) groups excluding carboxylic acids is 1. The molecular formula is C19H19N3O3. The highest BCUT2D eigenvalue weighted by atomic mass is 16.5. The van der Waals surface area contributed by atoms with Gasteiger partial charge in [-0.25, -0.2) is 4.68 Å². The lowest BCUT2D eigenvalue weighted by atomic mass is 10.1. The van der Waals surface area contributed by atoms with E-state index in [-0.39, 0.29) is 12.0 Å². The van der Waals surface area contributed by atoms with Crippen molar-refractivity contribution in [3.05, 3.63) is 75.8 Å². The first-order valence-electron chi connectivity index (χ1n) is 7.94. The average molecular weight is 337 g/mol.